The second-order valence-corrected chi connectivity index (χ2v) is 2.64. The Balaban J connectivity index is 2.64. The van der Waals surface area contributed by atoms with E-state index in [1.807, 2.05) is 0 Å². The third-order valence-corrected chi connectivity index (χ3v) is 1.55. The number of benzene rings is 1. The Morgan fingerprint density at radius 2 is 2.36 bits per heavy atom. The second kappa shape index (κ2) is 5.17. The van der Waals surface area contributed by atoms with Crippen LogP contribution < -0.4 is 0 Å². The summed E-state index contributed by atoms with van der Waals surface area (Å²) in [5.74, 6) is -0.743. The predicted molar refractivity (Wildman–Crippen MR) is 52.1 cm³/mol. The smallest absolute Gasteiger partial charge is 0.330 e. The lowest BCUT2D eigenvalue weighted by molar-refractivity contribution is -0.137. The van der Waals surface area contributed by atoms with Crippen molar-refractivity contribution < 1.29 is 13.9 Å². The average molecular weight is 194 g/mol. The van der Waals surface area contributed by atoms with Gasteiger partial charge in [0.25, 0.3) is 0 Å². The lowest BCUT2D eigenvalue weighted by Crippen LogP contribution is -1.98. The highest BCUT2D eigenvalue weighted by Gasteiger charge is 1.94. The summed E-state index contributed by atoms with van der Waals surface area (Å²) < 4.78 is 17.4. The van der Waals surface area contributed by atoms with Gasteiger partial charge in [0.15, 0.2) is 0 Å². The third-order valence-electron chi connectivity index (χ3n) is 1.55. The molecule has 1 rings (SSSR count). The molecule has 0 aliphatic carbocycles. The van der Waals surface area contributed by atoms with E-state index in [-0.39, 0.29) is 5.82 Å². The molecule has 0 fully saturated rings. The molecular weight excluding hydrogens is 183 g/mol. The number of carbonyl (C=O) groups excluding carboxylic acids is 1. The van der Waals surface area contributed by atoms with Gasteiger partial charge in [-0.15, -0.1) is 0 Å². The van der Waals surface area contributed by atoms with Gasteiger partial charge in [-0.25, -0.2) is 9.18 Å². The minimum Gasteiger partial charge on any atom is -0.463 e. The van der Waals surface area contributed by atoms with E-state index in [2.05, 4.69) is 4.74 Å². The van der Waals surface area contributed by atoms with Crippen LogP contribution in [0.1, 0.15) is 12.5 Å². The number of ether oxygens (including phenoxy) is 1. The summed E-state index contributed by atoms with van der Waals surface area (Å²) in [6.45, 7) is 2.07. The van der Waals surface area contributed by atoms with E-state index in [1.165, 1.54) is 24.3 Å². The Labute approximate surface area is 82.0 Å². The molecule has 0 aliphatic heterocycles. The molecule has 1 aromatic carbocycles. The van der Waals surface area contributed by atoms with Crippen LogP contribution in [-0.2, 0) is 9.53 Å². The van der Waals surface area contributed by atoms with E-state index in [4.69, 9.17) is 0 Å². The van der Waals surface area contributed by atoms with Crippen molar-refractivity contribution in [3.8, 4) is 0 Å². The van der Waals surface area contributed by atoms with Crippen molar-refractivity contribution in [1.82, 2.24) is 0 Å². The largest absolute Gasteiger partial charge is 0.463 e. The van der Waals surface area contributed by atoms with Gasteiger partial charge < -0.3 is 4.74 Å². The van der Waals surface area contributed by atoms with Gasteiger partial charge in [-0.05, 0) is 30.7 Å². The van der Waals surface area contributed by atoms with Crippen LogP contribution in [-0.4, -0.2) is 12.6 Å². The fraction of sp³-hybridized carbons (Fsp3) is 0.182. The summed E-state index contributed by atoms with van der Waals surface area (Å²) in [6, 6.07) is 5.98. The lowest BCUT2D eigenvalue weighted by atomic mass is 10.2. The number of rotatable bonds is 3. The fourth-order valence-corrected chi connectivity index (χ4v) is 0.965. The SMILES string of the molecule is CCOC(=O)/C=C/c1cccc(F)c1. The third kappa shape index (κ3) is 3.39. The highest BCUT2D eigenvalue weighted by Crippen LogP contribution is 2.05. The maximum absolute atomic E-state index is 12.7. The van der Waals surface area contributed by atoms with Crippen molar-refractivity contribution in [3.05, 3.63) is 41.7 Å². The van der Waals surface area contributed by atoms with Gasteiger partial charge in [-0.1, -0.05) is 12.1 Å². The first-order valence-corrected chi connectivity index (χ1v) is 4.33. The maximum atomic E-state index is 12.7. The normalized spacial score (nSPS) is 10.4. The van der Waals surface area contributed by atoms with Crippen LogP contribution in [0, 0.1) is 5.82 Å². The summed E-state index contributed by atoms with van der Waals surface area (Å²) in [6.07, 6.45) is 2.79. The van der Waals surface area contributed by atoms with Crippen LogP contribution in [0.25, 0.3) is 6.08 Å². The van der Waals surface area contributed by atoms with Gasteiger partial charge in [0.1, 0.15) is 5.82 Å². The van der Waals surface area contributed by atoms with Crippen LogP contribution in [0.2, 0.25) is 0 Å². The number of hydrogen-bond donors (Lipinski definition) is 0. The summed E-state index contributed by atoms with van der Waals surface area (Å²) in [4.78, 5) is 10.9. The summed E-state index contributed by atoms with van der Waals surface area (Å²) >= 11 is 0. The number of carbonyl (C=O) groups is 1. The Morgan fingerprint density at radius 1 is 1.57 bits per heavy atom. The molecule has 0 aliphatic rings. The molecule has 0 saturated carbocycles. The second-order valence-electron chi connectivity index (χ2n) is 2.64. The molecule has 2 nitrogen and oxygen atoms in total. The van der Waals surface area contributed by atoms with Crippen molar-refractivity contribution in [2.45, 2.75) is 6.92 Å². The molecule has 0 aromatic heterocycles. The highest BCUT2D eigenvalue weighted by atomic mass is 19.1. The molecule has 0 amide bonds. The summed E-state index contributed by atoms with van der Waals surface area (Å²) in [5.41, 5.74) is 0.637. The molecule has 14 heavy (non-hydrogen) atoms. The molecule has 0 saturated heterocycles. The van der Waals surface area contributed by atoms with E-state index in [0.717, 1.165) is 0 Å². The molecule has 1 aromatic rings. The Hall–Kier alpha value is -1.64. The molecule has 0 atom stereocenters. The molecular formula is C11H11FO2. The Bertz CT molecular complexity index is 345. The quantitative estimate of drug-likeness (QED) is 0.545. The van der Waals surface area contributed by atoms with Crippen molar-refractivity contribution in [2.24, 2.45) is 0 Å². The highest BCUT2D eigenvalue weighted by molar-refractivity contribution is 5.86. The first-order chi connectivity index (χ1) is 6.72. The number of halogens is 1. The minimum atomic E-state index is -0.420. The van der Waals surface area contributed by atoms with Crippen molar-refractivity contribution in [2.75, 3.05) is 6.61 Å². The zero-order chi connectivity index (χ0) is 10.4. The van der Waals surface area contributed by atoms with Crippen LogP contribution in [0.3, 0.4) is 0 Å². The fourth-order valence-electron chi connectivity index (χ4n) is 0.965. The Morgan fingerprint density at radius 3 is 3.00 bits per heavy atom. The molecule has 74 valence electrons. The molecule has 3 heteroatoms. The van der Waals surface area contributed by atoms with E-state index < -0.39 is 5.97 Å². The summed E-state index contributed by atoms with van der Waals surface area (Å²) in [7, 11) is 0. The number of esters is 1. The summed E-state index contributed by atoms with van der Waals surface area (Å²) in [5, 5.41) is 0. The Kier molecular flexibility index (Phi) is 3.85. The van der Waals surface area contributed by atoms with E-state index in [9.17, 15) is 9.18 Å². The van der Waals surface area contributed by atoms with Gasteiger partial charge in [-0.2, -0.15) is 0 Å². The first-order valence-electron chi connectivity index (χ1n) is 4.33. The zero-order valence-corrected chi connectivity index (χ0v) is 7.87. The molecule has 0 heterocycles. The van der Waals surface area contributed by atoms with Crippen molar-refractivity contribution >= 4 is 12.0 Å². The van der Waals surface area contributed by atoms with Gasteiger partial charge in [0.05, 0.1) is 6.61 Å². The van der Waals surface area contributed by atoms with Gasteiger partial charge in [0.2, 0.25) is 0 Å². The van der Waals surface area contributed by atoms with Gasteiger partial charge in [0, 0.05) is 6.08 Å². The average Bonchev–Trinajstić information content (AvgIpc) is 2.15. The first kappa shape index (κ1) is 10.4. The monoisotopic (exact) mass is 194 g/mol. The predicted octanol–water partition coefficient (Wildman–Crippen LogP) is 2.40. The topological polar surface area (TPSA) is 26.3 Å². The number of hydrogen-bond acceptors (Lipinski definition) is 2. The minimum absolute atomic E-state index is 0.323. The van der Waals surface area contributed by atoms with Crippen LogP contribution in [0.4, 0.5) is 4.39 Å². The standard InChI is InChI=1S/C11H11FO2/c1-2-14-11(13)7-6-9-4-3-5-10(12)8-9/h3-8H,2H2,1H3/b7-6+. The maximum Gasteiger partial charge on any atom is 0.330 e. The van der Waals surface area contributed by atoms with Crippen molar-refractivity contribution in [1.29, 1.82) is 0 Å². The van der Waals surface area contributed by atoms with Crippen molar-refractivity contribution in [3.63, 3.8) is 0 Å². The zero-order valence-electron chi connectivity index (χ0n) is 7.87. The molecule has 0 spiro atoms. The molecule has 0 unspecified atom stereocenters. The van der Waals surface area contributed by atoms with Gasteiger partial charge in [-0.3, -0.25) is 0 Å². The van der Waals surface area contributed by atoms with Crippen LogP contribution >= 0.6 is 0 Å². The van der Waals surface area contributed by atoms with Crippen LogP contribution in [0.5, 0.6) is 0 Å². The van der Waals surface area contributed by atoms with E-state index >= 15 is 0 Å². The van der Waals surface area contributed by atoms with Crippen LogP contribution in [0.15, 0.2) is 30.3 Å². The van der Waals surface area contributed by atoms with Gasteiger partial charge >= 0.3 is 5.97 Å². The molecule has 0 bridgehead atoms. The lowest BCUT2D eigenvalue weighted by Gasteiger charge is -1.95. The van der Waals surface area contributed by atoms with E-state index in [1.54, 1.807) is 19.1 Å². The van der Waals surface area contributed by atoms with E-state index in [0.29, 0.717) is 12.2 Å². The molecule has 0 N–H and O–H groups in total. The molecule has 0 radical (unpaired) electrons.